The second kappa shape index (κ2) is 8.55. The summed E-state index contributed by atoms with van der Waals surface area (Å²) in [6, 6.07) is 11.6. The van der Waals surface area contributed by atoms with Gasteiger partial charge in [0.25, 0.3) is 5.91 Å². The molecule has 7 heteroatoms. The number of rotatable bonds is 8. The van der Waals surface area contributed by atoms with E-state index in [0.717, 1.165) is 5.69 Å². The number of amides is 1. The summed E-state index contributed by atoms with van der Waals surface area (Å²) in [5.74, 6) is -0.239. The molecule has 1 aromatic carbocycles. The van der Waals surface area contributed by atoms with Gasteiger partial charge in [0.15, 0.2) is 0 Å². The Morgan fingerprint density at radius 2 is 2.08 bits per heavy atom. The maximum absolute atomic E-state index is 12.5. The lowest BCUT2D eigenvalue weighted by molar-refractivity contribution is 0.0796. The van der Waals surface area contributed by atoms with Gasteiger partial charge in [-0.2, -0.15) is 0 Å². The summed E-state index contributed by atoms with van der Waals surface area (Å²) >= 11 is 0. The van der Waals surface area contributed by atoms with Crippen molar-refractivity contribution in [2.75, 3.05) is 20.1 Å². The van der Waals surface area contributed by atoms with Gasteiger partial charge in [-0.3, -0.25) is 9.78 Å². The van der Waals surface area contributed by atoms with E-state index in [9.17, 15) is 13.2 Å². The van der Waals surface area contributed by atoms with Crippen LogP contribution in [0.2, 0.25) is 0 Å². The molecule has 0 fully saturated rings. The van der Waals surface area contributed by atoms with Crippen LogP contribution in [0.25, 0.3) is 0 Å². The highest BCUT2D eigenvalue weighted by Gasteiger charge is 2.17. The third-order valence-electron chi connectivity index (χ3n) is 3.59. The fraction of sp³-hybridized carbons (Fsp3) is 0.222. The first-order valence-electron chi connectivity index (χ1n) is 7.80. The van der Waals surface area contributed by atoms with Crippen LogP contribution >= 0.6 is 0 Å². The Balaban J connectivity index is 2.08. The number of aromatic nitrogens is 1. The summed E-state index contributed by atoms with van der Waals surface area (Å²) in [7, 11) is -1.98. The van der Waals surface area contributed by atoms with Crippen LogP contribution in [0.3, 0.4) is 0 Å². The highest BCUT2D eigenvalue weighted by atomic mass is 32.2. The maximum atomic E-state index is 12.5. The molecular formula is C18H21N3O3S. The van der Waals surface area contributed by atoms with Gasteiger partial charge in [-0.15, -0.1) is 6.58 Å². The first kappa shape index (κ1) is 18.8. The van der Waals surface area contributed by atoms with E-state index in [2.05, 4.69) is 16.3 Å². The Labute approximate surface area is 148 Å². The predicted octanol–water partition coefficient (Wildman–Crippen LogP) is 1.86. The summed E-state index contributed by atoms with van der Waals surface area (Å²) in [6.07, 6.45) is 3.79. The van der Waals surface area contributed by atoms with Gasteiger partial charge in [-0.25, -0.2) is 13.1 Å². The van der Waals surface area contributed by atoms with E-state index >= 15 is 0 Å². The van der Waals surface area contributed by atoms with Crippen LogP contribution in [0.5, 0.6) is 0 Å². The molecule has 0 bridgehead atoms. The molecule has 0 saturated heterocycles. The summed E-state index contributed by atoms with van der Waals surface area (Å²) in [4.78, 5) is 18.4. The quantitative estimate of drug-likeness (QED) is 0.730. The Morgan fingerprint density at radius 3 is 2.76 bits per heavy atom. The summed E-state index contributed by atoms with van der Waals surface area (Å²) in [5.41, 5.74) is 1.22. The first-order valence-corrected chi connectivity index (χ1v) is 9.28. The van der Waals surface area contributed by atoms with Crippen molar-refractivity contribution >= 4 is 15.9 Å². The van der Waals surface area contributed by atoms with E-state index in [4.69, 9.17) is 0 Å². The molecule has 2 aromatic rings. The number of benzene rings is 1. The number of carbonyl (C=O) groups is 1. The lowest BCUT2D eigenvalue weighted by Gasteiger charge is -2.17. The van der Waals surface area contributed by atoms with Gasteiger partial charge in [-0.1, -0.05) is 18.2 Å². The maximum Gasteiger partial charge on any atom is 0.253 e. The van der Waals surface area contributed by atoms with Crippen molar-refractivity contribution < 1.29 is 13.2 Å². The van der Waals surface area contributed by atoms with Crippen LogP contribution in [-0.4, -0.2) is 44.3 Å². The third-order valence-corrected chi connectivity index (χ3v) is 5.01. The van der Waals surface area contributed by atoms with E-state index in [-0.39, 0.29) is 17.3 Å². The summed E-state index contributed by atoms with van der Waals surface area (Å²) < 4.78 is 26.7. The van der Waals surface area contributed by atoms with E-state index < -0.39 is 10.0 Å². The molecule has 0 spiro atoms. The number of sulfonamides is 1. The van der Waals surface area contributed by atoms with Gasteiger partial charge in [0.2, 0.25) is 10.0 Å². The third kappa shape index (κ3) is 5.23. The van der Waals surface area contributed by atoms with Gasteiger partial charge in [0, 0.05) is 44.0 Å². The highest BCUT2D eigenvalue weighted by molar-refractivity contribution is 7.89. The fourth-order valence-electron chi connectivity index (χ4n) is 2.20. The number of nitrogens with one attached hydrogen (secondary N) is 1. The molecule has 0 atom stereocenters. The van der Waals surface area contributed by atoms with E-state index in [0.29, 0.717) is 18.5 Å². The summed E-state index contributed by atoms with van der Waals surface area (Å²) in [5, 5.41) is 0. The van der Waals surface area contributed by atoms with E-state index in [1.807, 2.05) is 18.2 Å². The van der Waals surface area contributed by atoms with Crippen molar-refractivity contribution in [3.63, 3.8) is 0 Å². The molecule has 0 aliphatic heterocycles. The van der Waals surface area contributed by atoms with Crippen LogP contribution in [0, 0.1) is 0 Å². The molecule has 2 rings (SSSR count). The SMILES string of the molecule is C=CCNS(=O)(=O)c1cccc(C(=O)N(C)CCc2ccccn2)c1. The summed E-state index contributed by atoms with van der Waals surface area (Å²) in [6.45, 7) is 4.10. The Hall–Kier alpha value is -2.51. The number of carbonyl (C=O) groups excluding carboxylic acids is 1. The van der Waals surface area contributed by atoms with Crippen molar-refractivity contribution in [1.29, 1.82) is 0 Å². The van der Waals surface area contributed by atoms with Gasteiger partial charge in [0.05, 0.1) is 4.90 Å². The van der Waals surface area contributed by atoms with Crippen LogP contribution in [-0.2, 0) is 16.4 Å². The molecule has 1 aromatic heterocycles. The average Bonchev–Trinajstić information content (AvgIpc) is 2.65. The Morgan fingerprint density at radius 1 is 1.28 bits per heavy atom. The van der Waals surface area contributed by atoms with E-state index in [1.54, 1.807) is 30.3 Å². The molecule has 0 saturated carbocycles. The zero-order chi connectivity index (χ0) is 18.3. The first-order chi connectivity index (χ1) is 11.9. The molecule has 0 aliphatic rings. The second-order valence-electron chi connectivity index (χ2n) is 5.47. The highest BCUT2D eigenvalue weighted by Crippen LogP contribution is 2.13. The predicted molar refractivity (Wildman–Crippen MR) is 96.7 cm³/mol. The number of likely N-dealkylation sites (N-methyl/N-ethyl adjacent to an activating group) is 1. The second-order valence-corrected chi connectivity index (χ2v) is 7.23. The van der Waals surface area contributed by atoms with Crippen molar-refractivity contribution in [2.45, 2.75) is 11.3 Å². The standard InChI is InChI=1S/C18H21N3O3S/c1-3-11-20-25(23,24)17-9-6-7-15(14-17)18(22)21(2)13-10-16-8-4-5-12-19-16/h3-9,12,14,20H,1,10-11,13H2,2H3. The molecule has 1 amide bonds. The van der Waals surface area contributed by atoms with Gasteiger partial charge < -0.3 is 4.90 Å². The number of hydrogen-bond acceptors (Lipinski definition) is 4. The molecular weight excluding hydrogens is 338 g/mol. The molecule has 132 valence electrons. The Bertz CT molecular complexity index is 836. The molecule has 1 N–H and O–H groups in total. The largest absolute Gasteiger partial charge is 0.341 e. The molecule has 0 aliphatic carbocycles. The Kier molecular flexibility index (Phi) is 6.44. The van der Waals surface area contributed by atoms with Crippen LogP contribution in [0.1, 0.15) is 16.1 Å². The fourth-order valence-corrected chi connectivity index (χ4v) is 3.24. The monoisotopic (exact) mass is 359 g/mol. The van der Waals surface area contributed by atoms with Crippen LogP contribution in [0.15, 0.2) is 66.2 Å². The van der Waals surface area contributed by atoms with E-state index in [1.165, 1.54) is 18.2 Å². The zero-order valence-corrected chi connectivity index (χ0v) is 14.9. The van der Waals surface area contributed by atoms with Crippen LogP contribution < -0.4 is 4.72 Å². The van der Waals surface area contributed by atoms with Crippen molar-refractivity contribution in [2.24, 2.45) is 0 Å². The lowest BCUT2D eigenvalue weighted by atomic mass is 10.2. The van der Waals surface area contributed by atoms with Crippen molar-refractivity contribution in [3.05, 3.63) is 72.6 Å². The minimum absolute atomic E-state index is 0.0540. The van der Waals surface area contributed by atoms with Gasteiger partial charge in [-0.05, 0) is 30.3 Å². The lowest BCUT2D eigenvalue weighted by Crippen LogP contribution is -2.29. The molecule has 0 radical (unpaired) electrons. The minimum Gasteiger partial charge on any atom is -0.341 e. The zero-order valence-electron chi connectivity index (χ0n) is 14.1. The average molecular weight is 359 g/mol. The normalized spacial score (nSPS) is 11.1. The number of pyridine rings is 1. The molecule has 0 unspecified atom stereocenters. The van der Waals surface area contributed by atoms with Crippen LogP contribution in [0.4, 0.5) is 0 Å². The molecule has 1 heterocycles. The number of nitrogens with zero attached hydrogens (tertiary/aromatic N) is 2. The smallest absolute Gasteiger partial charge is 0.253 e. The minimum atomic E-state index is -3.66. The number of hydrogen-bond donors (Lipinski definition) is 1. The van der Waals surface area contributed by atoms with Gasteiger partial charge in [0.1, 0.15) is 0 Å². The van der Waals surface area contributed by atoms with Gasteiger partial charge >= 0.3 is 0 Å². The molecule has 25 heavy (non-hydrogen) atoms. The topological polar surface area (TPSA) is 79.4 Å². The molecule has 6 nitrogen and oxygen atoms in total. The van der Waals surface area contributed by atoms with Crippen molar-refractivity contribution in [3.8, 4) is 0 Å². The van der Waals surface area contributed by atoms with Crippen molar-refractivity contribution in [1.82, 2.24) is 14.6 Å².